The Kier molecular flexibility index (Phi) is 8.09. The molecule has 11 heteroatoms. The van der Waals surface area contributed by atoms with E-state index in [1.165, 1.54) is 0 Å². The van der Waals surface area contributed by atoms with Crippen LogP contribution in [-0.2, 0) is 11.0 Å². The molecular formula is C23H35BrN6O3Si. The molecule has 0 bridgehead atoms. The summed E-state index contributed by atoms with van der Waals surface area (Å²) in [4.78, 5) is 22.4. The highest BCUT2D eigenvalue weighted by molar-refractivity contribution is 9.10. The molecule has 1 fully saturated rings. The predicted octanol–water partition coefficient (Wildman–Crippen LogP) is 4.67. The fraction of sp³-hybridized carbons (Fsp3) is 0.522. The van der Waals surface area contributed by atoms with Gasteiger partial charge in [0.2, 0.25) is 0 Å². The molecule has 0 aromatic carbocycles. The Morgan fingerprint density at radius 2 is 2.09 bits per heavy atom. The maximum atomic E-state index is 11.4. The molecule has 3 heterocycles. The number of hydrogen-bond acceptors (Lipinski definition) is 7. The summed E-state index contributed by atoms with van der Waals surface area (Å²) in [5.74, 6) is 0. The number of amides is 1. The Morgan fingerprint density at radius 1 is 1.35 bits per heavy atom. The van der Waals surface area contributed by atoms with Gasteiger partial charge in [-0.15, -0.1) is 0 Å². The predicted molar refractivity (Wildman–Crippen MR) is 142 cm³/mol. The fourth-order valence-electron chi connectivity index (χ4n) is 3.74. The summed E-state index contributed by atoms with van der Waals surface area (Å²) in [5, 5.41) is 15.5. The van der Waals surface area contributed by atoms with Gasteiger partial charge < -0.3 is 30.8 Å². The lowest BCUT2D eigenvalue weighted by Gasteiger charge is -2.46. The molecule has 2 atom stereocenters. The van der Waals surface area contributed by atoms with E-state index in [1.54, 1.807) is 12.4 Å². The van der Waals surface area contributed by atoms with Crippen LogP contribution in [0.25, 0.3) is 0 Å². The molecule has 1 aliphatic heterocycles. The van der Waals surface area contributed by atoms with E-state index in [0.717, 1.165) is 21.7 Å². The lowest BCUT2D eigenvalue weighted by Crippen LogP contribution is -2.59. The Morgan fingerprint density at radius 3 is 2.76 bits per heavy atom. The number of nitrogens with zero attached hydrogens (tertiary/aromatic N) is 3. The van der Waals surface area contributed by atoms with E-state index < -0.39 is 14.4 Å². The SMILES string of the molecule is CC(C)(C)[Si](C)(C)OC1CN(c2ccncc2NCc2nc(Br)ccc2N)CCC1NC(=O)O. The van der Waals surface area contributed by atoms with Crippen molar-refractivity contribution in [1.82, 2.24) is 15.3 Å². The lowest BCUT2D eigenvalue weighted by molar-refractivity contribution is 0.115. The van der Waals surface area contributed by atoms with Crippen LogP contribution < -0.4 is 21.3 Å². The van der Waals surface area contributed by atoms with Gasteiger partial charge in [-0.1, -0.05) is 20.8 Å². The number of nitrogens with two attached hydrogens (primary N) is 1. The molecule has 0 saturated carbocycles. The summed E-state index contributed by atoms with van der Waals surface area (Å²) in [6.07, 6.45) is 2.92. The average molecular weight is 552 g/mol. The maximum absolute atomic E-state index is 11.4. The van der Waals surface area contributed by atoms with E-state index in [2.05, 4.69) is 75.3 Å². The molecule has 2 unspecified atom stereocenters. The third-order valence-electron chi connectivity index (χ3n) is 6.68. The van der Waals surface area contributed by atoms with Gasteiger partial charge in [0.1, 0.15) is 4.60 Å². The molecule has 1 saturated heterocycles. The number of carbonyl (C=O) groups is 1. The highest BCUT2D eigenvalue weighted by atomic mass is 79.9. The topological polar surface area (TPSA) is 126 Å². The Balaban J connectivity index is 1.81. The summed E-state index contributed by atoms with van der Waals surface area (Å²) < 4.78 is 7.44. The van der Waals surface area contributed by atoms with E-state index in [4.69, 9.17) is 10.2 Å². The third kappa shape index (κ3) is 6.39. The zero-order valence-electron chi connectivity index (χ0n) is 20.4. The molecule has 186 valence electrons. The van der Waals surface area contributed by atoms with Gasteiger partial charge in [-0.25, -0.2) is 9.78 Å². The van der Waals surface area contributed by atoms with Gasteiger partial charge in [0.15, 0.2) is 8.32 Å². The van der Waals surface area contributed by atoms with Crippen LogP contribution in [0.5, 0.6) is 0 Å². The van der Waals surface area contributed by atoms with Crippen LogP contribution in [0.4, 0.5) is 21.9 Å². The number of rotatable bonds is 7. The molecule has 34 heavy (non-hydrogen) atoms. The second-order valence-corrected chi connectivity index (χ2v) is 15.7. The smallest absolute Gasteiger partial charge is 0.404 e. The number of pyridine rings is 2. The first-order valence-corrected chi connectivity index (χ1v) is 15.1. The molecule has 0 spiro atoms. The van der Waals surface area contributed by atoms with Gasteiger partial charge in [0, 0.05) is 19.3 Å². The van der Waals surface area contributed by atoms with Crippen LogP contribution >= 0.6 is 15.9 Å². The number of nitrogen functional groups attached to an aromatic ring is 1. The van der Waals surface area contributed by atoms with E-state index in [9.17, 15) is 9.90 Å². The largest absolute Gasteiger partial charge is 0.465 e. The number of anilines is 3. The quantitative estimate of drug-likeness (QED) is 0.289. The number of hydrogen-bond donors (Lipinski definition) is 4. The van der Waals surface area contributed by atoms with Crippen LogP contribution in [0.3, 0.4) is 0 Å². The van der Waals surface area contributed by atoms with E-state index in [-0.39, 0.29) is 17.2 Å². The summed E-state index contributed by atoms with van der Waals surface area (Å²) in [7, 11) is -2.11. The zero-order valence-corrected chi connectivity index (χ0v) is 23.0. The van der Waals surface area contributed by atoms with Crippen molar-refractivity contribution in [3.05, 3.63) is 40.9 Å². The van der Waals surface area contributed by atoms with Crippen LogP contribution in [0.15, 0.2) is 35.2 Å². The Bertz CT molecular complexity index is 1020. The highest BCUT2D eigenvalue weighted by Gasteiger charge is 2.43. The van der Waals surface area contributed by atoms with Gasteiger partial charge in [-0.3, -0.25) is 4.98 Å². The van der Waals surface area contributed by atoms with Crippen LogP contribution in [0.2, 0.25) is 18.1 Å². The van der Waals surface area contributed by atoms with E-state index >= 15 is 0 Å². The number of piperidine rings is 1. The van der Waals surface area contributed by atoms with Gasteiger partial charge in [-0.05, 0) is 58.7 Å². The molecule has 9 nitrogen and oxygen atoms in total. The number of nitrogens with one attached hydrogen (secondary N) is 2. The number of aromatic nitrogens is 2. The molecule has 2 aromatic heterocycles. The van der Waals surface area contributed by atoms with Crippen molar-refractivity contribution in [1.29, 1.82) is 0 Å². The number of carboxylic acid groups (broad SMARTS) is 1. The molecular weight excluding hydrogens is 516 g/mol. The first-order valence-electron chi connectivity index (χ1n) is 11.4. The Hall–Kier alpha value is -2.37. The second-order valence-electron chi connectivity index (χ2n) is 10.1. The summed E-state index contributed by atoms with van der Waals surface area (Å²) in [6.45, 7) is 12.7. The first kappa shape index (κ1) is 26.2. The average Bonchev–Trinajstić information content (AvgIpc) is 2.74. The second kappa shape index (κ2) is 10.5. The monoisotopic (exact) mass is 550 g/mol. The molecule has 1 amide bonds. The van der Waals surface area contributed by atoms with Crippen molar-refractivity contribution in [3.63, 3.8) is 0 Å². The highest BCUT2D eigenvalue weighted by Crippen LogP contribution is 2.39. The van der Waals surface area contributed by atoms with Crippen molar-refractivity contribution in [2.45, 2.75) is 64.0 Å². The zero-order chi connectivity index (χ0) is 25.1. The van der Waals surface area contributed by atoms with Crippen molar-refractivity contribution in [3.8, 4) is 0 Å². The minimum absolute atomic E-state index is 0.0172. The van der Waals surface area contributed by atoms with Crippen molar-refractivity contribution >= 4 is 47.4 Å². The minimum Gasteiger partial charge on any atom is -0.465 e. The van der Waals surface area contributed by atoms with Gasteiger partial charge in [0.25, 0.3) is 0 Å². The van der Waals surface area contributed by atoms with Crippen molar-refractivity contribution in [2.24, 2.45) is 0 Å². The van der Waals surface area contributed by atoms with Gasteiger partial charge >= 0.3 is 6.09 Å². The first-order chi connectivity index (χ1) is 15.9. The third-order valence-corrected chi connectivity index (χ3v) is 11.6. The fourth-order valence-corrected chi connectivity index (χ4v) is 5.43. The molecule has 0 aliphatic carbocycles. The van der Waals surface area contributed by atoms with Crippen LogP contribution in [-0.4, -0.2) is 54.7 Å². The Labute approximate surface area is 210 Å². The number of halogens is 1. The summed E-state index contributed by atoms with van der Waals surface area (Å²) >= 11 is 3.39. The normalized spacial score (nSPS) is 19.1. The molecule has 0 radical (unpaired) electrons. The van der Waals surface area contributed by atoms with E-state index in [0.29, 0.717) is 31.7 Å². The lowest BCUT2D eigenvalue weighted by atomic mass is 10.0. The van der Waals surface area contributed by atoms with Gasteiger partial charge in [-0.2, -0.15) is 0 Å². The summed E-state index contributed by atoms with van der Waals surface area (Å²) in [6, 6.07) is 5.34. The van der Waals surface area contributed by atoms with Gasteiger partial charge in [0.05, 0.1) is 47.6 Å². The summed E-state index contributed by atoms with van der Waals surface area (Å²) in [5.41, 5.74) is 9.29. The molecule has 2 aromatic rings. The van der Waals surface area contributed by atoms with Crippen LogP contribution in [0.1, 0.15) is 32.9 Å². The maximum Gasteiger partial charge on any atom is 0.404 e. The van der Waals surface area contributed by atoms with Crippen molar-refractivity contribution < 1.29 is 14.3 Å². The van der Waals surface area contributed by atoms with Crippen LogP contribution in [0, 0.1) is 0 Å². The molecule has 3 rings (SSSR count). The minimum atomic E-state index is -2.11. The van der Waals surface area contributed by atoms with E-state index in [1.807, 2.05) is 18.2 Å². The molecule has 5 N–H and O–H groups in total. The standard InChI is InChI=1S/C23H35BrN6O3Si/c1-23(2,3)34(4,5)33-20-14-30(11-9-16(20)29-22(31)32)19-8-10-26-12-18(19)27-13-17-15(25)6-7-21(24)28-17/h6-8,10,12,16,20,27,29H,9,11,13-14,25H2,1-5H3,(H,31,32). The molecule has 1 aliphatic rings. The van der Waals surface area contributed by atoms with Crippen molar-refractivity contribution in [2.75, 3.05) is 29.0 Å².